The molecule has 0 aliphatic heterocycles. The second kappa shape index (κ2) is 14.1. The van der Waals surface area contributed by atoms with Gasteiger partial charge in [-0.15, -0.1) is 0 Å². The molecule has 1 aliphatic rings. The summed E-state index contributed by atoms with van der Waals surface area (Å²) < 4.78 is 63.3. The summed E-state index contributed by atoms with van der Waals surface area (Å²) in [6.45, 7) is 0. The van der Waals surface area contributed by atoms with E-state index in [-0.39, 0.29) is 41.8 Å². The van der Waals surface area contributed by atoms with Crippen molar-refractivity contribution in [3.63, 3.8) is 0 Å². The fourth-order valence-corrected chi connectivity index (χ4v) is 9.50. The minimum absolute atomic E-state index is 0.0822. The summed E-state index contributed by atoms with van der Waals surface area (Å²) in [5.41, 5.74) is 9.26. The number of hydrogen-bond acceptors (Lipinski definition) is 2. The Morgan fingerprint density at radius 2 is 1.05 bits per heavy atom. The van der Waals surface area contributed by atoms with Gasteiger partial charge in [-0.3, -0.25) is 0 Å². The molecule has 0 saturated carbocycles. The van der Waals surface area contributed by atoms with Gasteiger partial charge < -0.3 is 9.32 Å². The van der Waals surface area contributed by atoms with Gasteiger partial charge in [-0.05, 0) is 109 Å². The van der Waals surface area contributed by atoms with Crippen LogP contribution in [0.4, 0.5) is 17.1 Å². The van der Waals surface area contributed by atoms with Gasteiger partial charge in [0.25, 0.3) is 0 Å². The van der Waals surface area contributed by atoms with Crippen LogP contribution in [0.3, 0.4) is 0 Å². The van der Waals surface area contributed by atoms with Gasteiger partial charge in [0.15, 0.2) is 0 Å². The molecule has 1 aliphatic carbocycles. The average molecular weight is 784 g/mol. The monoisotopic (exact) mass is 783 g/mol. The summed E-state index contributed by atoms with van der Waals surface area (Å²) in [5, 5.41) is 4.35. The van der Waals surface area contributed by atoms with Crippen LogP contribution in [-0.4, -0.2) is 0 Å². The molecule has 0 bridgehead atoms. The van der Waals surface area contributed by atoms with Crippen LogP contribution in [0.25, 0.3) is 66.1 Å². The first-order valence-corrected chi connectivity index (χ1v) is 20.5. The maximum Gasteiger partial charge on any atom is 0.143 e. The number of furan rings is 1. The van der Waals surface area contributed by atoms with Gasteiger partial charge in [0.1, 0.15) is 11.2 Å². The zero-order valence-corrected chi connectivity index (χ0v) is 32.9. The minimum atomic E-state index is -1.28. The van der Waals surface area contributed by atoms with Crippen molar-refractivity contribution in [1.82, 2.24) is 0 Å². The first-order chi connectivity index (χ1) is 32.7. The number of anilines is 3. The summed E-state index contributed by atoms with van der Waals surface area (Å²) in [7, 11) is 0. The highest BCUT2D eigenvalue weighted by Gasteiger charge is 2.46. The van der Waals surface area contributed by atoms with Gasteiger partial charge in [-0.1, -0.05) is 188 Å². The van der Waals surface area contributed by atoms with Crippen molar-refractivity contribution < 1.29 is 12.6 Å². The molecule has 1 heterocycles. The number of rotatable bonds is 7. The van der Waals surface area contributed by atoms with Gasteiger partial charge in [-0.2, -0.15) is 0 Å². The molecule has 0 radical (unpaired) electrons. The van der Waals surface area contributed by atoms with Crippen LogP contribution in [0.5, 0.6) is 0 Å². The van der Waals surface area contributed by atoms with E-state index >= 15 is 0 Å². The van der Waals surface area contributed by atoms with Crippen molar-refractivity contribution in [2.24, 2.45) is 0 Å². The number of para-hydroxylation sites is 2. The third-order valence-electron chi connectivity index (χ3n) is 12.3. The highest BCUT2D eigenvalue weighted by molar-refractivity contribution is 6.09. The third kappa shape index (κ3) is 5.57. The lowest BCUT2D eigenvalue weighted by atomic mass is 9.67. The van der Waals surface area contributed by atoms with Gasteiger partial charge >= 0.3 is 0 Å². The molecule has 286 valence electrons. The Kier molecular flexibility index (Phi) is 6.78. The Labute approximate surface area is 363 Å². The predicted molar refractivity (Wildman–Crippen MR) is 254 cm³/mol. The molecule has 1 aromatic heterocycles. The fourth-order valence-electron chi connectivity index (χ4n) is 9.50. The average Bonchev–Trinajstić information content (AvgIpc) is 3.92. The van der Waals surface area contributed by atoms with Crippen molar-refractivity contribution >= 4 is 49.8 Å². The van der Waals surface area contributed by atoms with Crippen molar-refractivity contribution in [1.29, 1.82) is 0 Å². The van der Waals surface area contributed by atoms with E-state index in [2.05, 4.69) is 72.8 Å². The van der Waals surface area contributed by atoms with E-state index in [9.17, 15) is 5.48 Å². The molecule has 2 heteroatoms. The van der Waals surface area contributed by atoms with Crippen LogP contribution in [-0.2, 0) is 5.41 Å². The van der Waals surface area contributed by atoms with Crippen LogP contribution in [0, 0.1) is 0 Å². The fraction of sp³-hybridized carbons (Fsp3) is 0.0169. The summed E-state index contributed by atoms with van der Waals surface area (Å²) in [4.78, 5) is 2.02. The van der Waals surface area contributed by atoms with E-state index < -0.39 is 5.41 Å². The van der Waals surface area contributed by atoms with Crippen molar-refractivity contribution in [3.8, 4) is 33.4 Å². The molecule has 0 amide bonds. The van der Waals surface area contributed by atoms with Crippen LogP contribution >= 0.6 is 0 Å². The summed E-state index contributed by atoms with van der Waals surface area (Å²) >= 11 is 0. The Bertz CT molecular complexity index is 3730. The summed E-state index contributed by atoms with van der Waals surface area (Å²) in [6.07, 6.45) is 0. The first kappa shape index (κ1) is 29.3. The molecule has 0 atom stereocenters. The highest BCUT2D eigenvalue weighted by Crippen LogP contribution is 2.57. The van der Waals surface area contributed by atoms with E-state index in [4.69, 9.17) is 7.16 Å². The topological polar surface area (TPSA) is 16.4 Å². The van der Waals surface area contributed by atoms with E-state index in [1.807, 2.05) is 132 Å². The number of benzene rings is 10. The van der Waals surface area contributed by atoms with Crippen LogP contribution in [0.15, 0.2) is 241 Å². The van der Waals surface area contributed by atoms with E-state index in [0.29, 0.717) is 22.4 Å². The maximum atomic E-state index is 10.0. The molecule has 0 N–H and O–H groups in total. The Balaban J connectivity index is 1.13. The molecule has 12 rings (SSSR count). The number of nitrogens with zero attached hydrogens (tertiary/aromatic N) is 1. The lowest BCUT2D eigenvalue weighted by molar-refractivity contribution is 0.670. The second-order valence-electron chi connectivity index (χ2n) is 15.6. The lowest BCUT2D eigenvalue weighted by Crippen LogP contribution is -2.28. The number of hydrogen-bond donors (Lipinski definition) is 0. The Morgan fingerprint density at radius 1 is 0.393 bits per heavy atom. The normalized spacial score (nSPS) is 14.1. The Morgan fingerprint density at radius 3 is 1.87 bits per heavy atom. The van der Waals surface area contributed by atoms with E-state index in [1.54, 1.807) is 0 Å². The van der Waals surface area contributed by atoms with E-state index in [0.717, 1.165) is 77.5 Å². The molecule has 0 saturated heterocycles. The molecule has 2 nitrogen and oxygen atoms in total. The van der Waals surface area contributed by atoms with Crippen LogP contribution in [0.2, 0.25) is 0 Å². The van der Waals surface area contributed by atoms with E-state index in [1.165, 1.54) is 0 Å². The van der Waals surface area contributed by atoms with Crippen LogP contribution in [0.1, 0.15) is 30.5 Å². The largest absolute Gasteiger partial charge is 0.455 e. The molecule has 0 unspecified atom stereocenters. The van der Waals surface area contributed by atoms with Crippen LogP contribution < -0.4 is 4.90 Å². The van der Waals surface area contributed by atoms with Crippen molar-refractivity contribution in [2.75, 3.05) is 4.90 Å². The predicted octanol–water partition coefficient (Wildman–Crippen LogP) is 15.9. The standard InChI is InChI=1S/C59H39NO/c1-3-18-45(19-4-1)59(46-20-5-2-6-21-46)55-27-11-9-23-51(55)52-36-35-49(39-56(52)59)60(48-22-13-17-43(38-48)44-30-29-40-15-7-8-16-42(40)37-44)47-33-31-41(32-34-47)50-25-14-26-54-53-24-10-12-28-57(53)61-58(50)54/h1-39H/i9D,11D,23D,27D,35D,36D. The molecule has 0 spiro atoms. The van der Waals surface area contributed by atoms with Gasteiger partial charge in [0.2, 0.25) is 0 Å². The molecular weight excluding hydrogens is 739 g/mol. The zero-order valence-electron chi connectivity index (χ0n) is 38.9. The van der Waals surface area contributed by atoms with Crippen molar-refractivity contribution in [3.05, 3.63) is 259 Å². The first-order valence-electron chi connectivity index (χ1n) is 23.5. The molecule has 0 fully saturated rings. The van der Waals surface area contributed by atoms with Crippen molar-refractivity contribution in [2.45, 2.75) is 5.41 Å². The molecule has 11 aromatic rings. The molecular formula is C59H39NO. The van der Waals surface area contributed by atoms with Gasteiger partial charge in [0, 0.05) is 33.4 Å². The summed E-state index contributed by atoms with van der Waals surface area (Å²) in [5.74, 6) is 0. The number of fused-ring (bicyclic) bond motifs is 7. The summed E-state index contributed by atoms with van der Waals surface area (Å²) in [6, 6.07) is 65.5. The van der Waals surface area contributed by atoms with Gasteiger partial charge in [0.05, 0.1) is 13.6 Å². The third-order valence-corrected chi connectivity index (χ3v) is 12.3. The molecule has 10 aromatic carbocycles. The highest BCUT2D eigenvalue weighted by atomic mass is 16.3. The lowest BCUT2D eigenvalue weighted by Gasteiger charge is -2.35. The zero-order chi connectivity index (χ0) is 45.6. The quantitative estimate of drug-likeness (QED) is 0.160. The second-order valence-corrected chi connectivity index (χ2v) is 15.6. The maximum absolute atomic E-state index is 10.0. The SMILES string of the molecule is [2H]c1c(N(c2ccc(-c3cccc4c3oc3ccccc34)cc2)c2cccc(-c3ccc4ccccc4c3)c2)cc2c(c1[2H])-c1c([2H])c([2H])c([2H])c([2H])c1C2(c1ccccc1)c1ccccc1. The minimum Gasteiger partial charge on any atom is -0.455 e. The Hall–Kier alpha value is -7.94. The molecule has 61 heavy (non-hydrogen) atoms. The smallest absolute Gasteiger partial charge is 0.143 e. The van der Waals surface area contributed by atoms with Gasteiger partial charge in [-0.25, -0.2) is 0 Å².